The molecule has 0 atom stereocenters. The van der Waals surface area contributed by atoms with Gasteiger partial charge in [-0.2, -0.15) is 4.31 Å². The lowest BCUT2D eigenvalue weighted by atomic mass is 10.2. The van der Waals surface area contributed by atoms with Crippen molar-refractivity contribution >= 4 is 32.5 Å². The summed E-state index contributed by atoms with van der Waals surface area (Å²) in [4.78, 5) is 18.5. The molecule has 180 valence electrons. The van der Waals surface area contributed by atoms with Gasteiger partial charge in [-0.25, -0.2) is 8.42 Å². The number of piperazine rings is 1. The van der Waals surface area contributed by atoms with Crippen LogP contribution in [0.1, 0.15) is 0 Å². The van der Waals surface area contributed by atoms with Gasteiger partial charge in [0.25, 0.3) is 0 Å². The van der Waals surface area contributed by atoms with E-state index in [0.29, 0.717) is 18.8 Å². The second-order valence-corrected chi connectivity index (χ2v) is 9.56. The zero-order chi connectivity index (χ0) is 24.3. The lowest BCUT2D eigenvalue weighted by Gasteiger charge is -2.33. The predicted molar refractivity (Wildman–Crippen MR) is 119 cm³/mol. The predicted octanol–water partition coefficient (Wildman–Crippen LogP) is 3.08. The van der Waals surface area contributed by atoms with Crippen molar-refractivity contribution in [1.82, 2.24) is 14.2 Å². The molecule has 2 heterocycles. The average molecular weight is 494 g/mol. The summed E-state index contributed by atoms with van der Waals surface area (Å²) in [5, 5.41) is 3.70. The zero-order valence-electron chi connectivity index (χ0n) is 17.8. The topological polar surface area (TPSA) is 91.8 Å². The van der Waals surface area contributed by atoms with Crippen LogP contribution in [-0.4, -0.2) is 67.6 Å². The van der Waals surface area contributed by atoms with Gasteiger partial charge in [-0.15, -0.1) is 13.2 Å². The average Bonchev–Trinajstić information content (AvgIpc) is 2.79. The van der Waals surface area contributed by atoms with Crippen LogP contribution >= 0.6 is 0 Å². The van der Waals surface area contributed by atoms with E-state index in [1.807, 2.05) is 17.0 Å². The molecule has 0 saturated carbocycles. The first-order chi connectivity index (χ1) is 16.1. The first-order valence-electron chi connectivity index (χ1n) is 10.3. The van der Waals surface area contributed by atoms with Crippen LogP contribution in [0.3, 0.4) is 0 Å². The maximum Gasteiger partial charge on any atom is 0.573 e. The van der Waals surface area contributed by atoms with Crippen molar-refractivity contribution < 1.29 is 31.1 Å². The number of sulfonamides is 1. The number of amides is 1. The molecule has 1 aliphatic heterocycles. The number of nitrogens with one attached hydrogen (secondary N) is 1. The van der Waals surface area contributed by atoms with E-state index in [9.17, 15) is 26.4 Å². The number of anilines is 1. The van der Waals surface area contributed by atoms with Crippen LogP contribution in [0.4, 0.5) is 18.9 Å². The lowest BCUT2D eigenvalue weighted by molar-refractivity contribution is -0.274. The summed E-state index contributed by atoms with van der Waals surface area (Å²) in [5.41, 5.74) is 1.41. The third kappa shape index (κ3) is 5.64. The summed E-state index contributed by atoms with van der Waals surface area (Å²) in [5.74, 6) is -0.725. The molecular formula is C22H21F3N4O4S. The van der Waals surface area contributed by atoms with E-state index in [1.54, 1.807) is 24.4 Å². The van der Waals surface area contributed by atoms with Crippen LogP contribution in [0.5, 0.6) is 5.75 Å². The molecule has 1 aliphatic rings. The number of carbonyl (C=O) groups is 1. The summed E-state index contributed by atoms with van der Waals surface area (Å²) < 4.78 is 67.6. The van der Waals surface area contributed by atoms with Crippen molar-refractivity contribution in [1.29, 1.82) is 0 Å². The zero-order valence-corrected chi connectivity index (χ0v) is 18.6. The standard InChI is InChI=1S/C22H21F3N4O4S/c23-22(24,25)33-16-6-8-17(9-7-16)34(31,32)29-13-11-28(12-14-29)15-21(30)27-20-5-1-4-19-18(20)3-2-10-26-19/h1-10H,11-15H2,(H,27,30). The number of hydrogen-bond donors (Lipinski definition) is 1. The minimum Gasteiger partial charge on any atom is -0.406 e. The van der Waals surface area contributed by atoms with E-state index < -0.39 is 22.1 Å². The Morgan fingerprint density at radius 1 is 1.00 bits per heavy atom. The molecule has 2 aromatic carbocycles. The number of rotatable bonds is 6. The van der Waals surface area contributed by atoms with E-state index in [0.717, 1.165) is 35.2 Å². The smallest absolute Gasteiger partial charge is 0.406 e. The Morgan fingerprint density at radius 3 is 2.38 bits per heavy atom. The van der Waals surface area contributed by atoms with Gasteiger partial charge in [0.2, 0.25) is 15.9 Å². The van der Waals surface area contributed by atoms with Crippen molar-refractivity contribution in [2.24, 2.45) is 0 Å². The normalized spacial score (nSPS) is 15.9. The minimum absolute atomic E-state index is 0.0913. The minimum atomic E-state index is -4.85. The molecule has 0 radical (unpaired) electrons. The molecule has 0 spiro atoms. The van der Waals surface area contributed by atoms with E-state index >= 15 is 0 Å². The number of aromatic nitrogens is 1. The maximum absolute atomic E-state index is 12.8. The molecule has 4 rings (SSSR count). The molecule has 8 nitrogen and oxygen atoms in total. The molecular weight excluding hydrogens is 473 g/mol. The van der Waals surface area contributed by atoms with Gasteiger partial charge in [-0.3, -0.25) is 14.7 Å². The third-order valence-corrected chi connectivity index (χ3v) is 7.23. The van der Waals surface area contributed by atoms with Crippen LogP contribution in [-0.2, 0) is 14.8 Å². The van der Waals surface area contributed by atoms with Crippen LogP contribution < -0.4 is 10.1 Å². The van der Waals surface area contributed by atoms with E-state index in [4.69, 9.17) is 0 Å². The molecule has 34 heavy (non-hydrogen) atoms. The monoisotopic (exact) mass is 494 g/mol. The van der Waals surface area contributed by atoms with Crippen LogP contribution in [0.25, 0.3) is 10.9 Å². The molecule has 0 unspecified atom stereocenters. The van der Waals surface area contributed by atoms with Gasteiger partial charge in [0.05, 0.1) is 22.6 Å². The van der Waals surface area contributed by atoms with Crippen molar-refractivity contribution in [2.75, 3.05) is 38.0 Å². The number of ether oxygens (including phenoxy) is 1. The third-order valence-electron chi connectivity index (χ3n) is 5.31. The first kappa shape index (κ1) is 23.9. The van der Waals surface area contributed by atoms with Crippen LogP contribution in [0.15, 0.2) is 65.7 Å². The largest absolute Gasteiger partial charge is 0.573 e. The molecule has 12 heteroatoms. The number of fused-ring (bicyclic) bond motifs is 1. The second-order valence-electron chi connectivity index (χ2n) is 7.62. The highest BCUT2D eigenvalue weighted by molar-refractivity contribution is 7.89. The van der Waals surface area contributed by atoms with Crippen molar-refractivity contribution in [3.63, 3.8) is 0 Å². The van der Waals surface area contributed by atoms with Crippen molar-refractivity contribution in [2.45, 2.75) is 11.3 Å². The fraction of sp³-hybridized carbons (Fsp3) is 0.273. The molecule has 1 fully saturated rings. The molecule has 1 N–H and O–H groups in total. The highest BCUT2D eigenvalue weighted by atomic mass is 32.2. The summed E-state index contributed by atoms with van der Waals surface area (Å²) in [7, 11) is -3.88. The fourth-order valence-electron chi connectivity index (χ4n) is 3.70. The van der Waals surface area contributed by atoms with Gasteiger partial charge >= 0.3 is 6.36 Å². The van der Waals surface area contributed by atoms with Gasteiger partial charge in [0.15, 0.2) is 0 Å². The highest BCUT2D eigenvalue weighted by Crippen LogP contribution is 2.26. The number of alkyl halides is 3. The number of pyridine rings is 1. The molecule has 1 amide bonds. The number of hydrogen-bond acceptors (Lipinski definition) is 6. The molecule has 1 saturated heterocycles. The summed E-state index contributed by atoms with van der Waals surface area (Å²) in [6.07, 6.45) is -3.18. The van der Waals surface area contributed by atoms with Crippen molar-refractivity contribution in [3.8, 4) is 5.75 Å². The Labute approximate surface area is 194 Å². The number of halogens is 3. The SMILES string of the molecule is O=C(CN1CCN(S(=O)(=O)c2ccc(OC(F)(F)F)cc2)CC1)Nc1cccc2ncccc12. The number of benzene rings is 2. The Morgan fingerprint density at radius 2 is 1.71 bits per heavy atom. The molecule has 1 aromatic heterocycles. The Bertz CT molecular complexity index is 1270. The lowest BCUT2D eigenvalue weighted by Crippen LogP contribution is -2.50. The molecule has 0 bridgehead atoms. The highest BCUT2D eigenvalue weighted by Gasteiger charge is 2.32. The summed E-state index contributed by atoms with van der Waals surface area (Å²) in [6.45, 7) is 1.05. The summed E-state index contributed by atoms with van der Waals surface area (Å²) in [6, 6.07) is 13.2. The number of nitrogens with zero attached hydrogens (tertiary/aromatic N) is 3. The molecule has 0 aliphatic carbocycles. The van der Waals surface area contributed by atoms with Gasteiger partial charge in [0, 0.05) is 37.8 Å². The second kappa shape index (κ2) is 9.57. The Balaban J connectivity index is 1.33. The fourth-order valence-corrected chi connectivity index (χ4v) is 5.12. The Kier molecular flexibility index (Phi) is 6.73. The van der Waals surface area contributed by atoms with E-state index in [-0.39, 0.29) is 30.4 Å². The van der Waals surface area contributed by atoms with Crippen molar-refractivity contribution in [3.05, 3.63) is 60.8 Å². The first-order valence-corrected chi connectivity index (χ1v) is 11.8. The van der Waals surface area contributed by atoms with Gasteiger partial charge in [-0.1, -0.05) is 6.07 Å². The van der Waals surface area contributed by atoms with E-state index in [1.165, 1.54) is 4.31 Å². The van der Waals surface area contributed by atoms with Crippen LogP contribution in [0, 0.1) is 0 Å². The van der Waals surface area contributed by atoms with Gasteiger partial charge < -0.3 is 10.1 Å². The number of carbonyl (C=O) groups excluding carboxylic acids is 1. The van der Waals surface area contributed by atoms with Gasteiger partial charge in [-0.05, 0) is 48.5 Å². The Hall–Kier alpha value is -3.22. The quantitative estimate of drug-likeness (QED) is 0.567. The maximum atomic E-state index is 12.8. The van der Waals surface area contributed by atoms with Crippen LogP contribution in [0.2, 0.25) is 0 Å². The van der Waals surface area contributed by atoms with E-state index in [2.05, 4.69) is 15.0 Å². The molecule has 3 aromatic rings. The van der Waals surface area contributed by atoms with Gasteiger partial charge in [0.1, 0.15) is 5.75 Å². The summed E-state index contributed by atoms with van der Waals surface area (Å²) >= 11 is 0.